The number of carbonyl (C=O) groups excluding carboxylic acids is 2. The van der Waals surface area contributed by atoms with Crippen molar-refractivity contribution in [2.24, 2.45) is 0 Å². The fraction of sp³-hybridized carbons (Fsp3) is 0.188. The van der Waals surface area contributed by atoms with Crippen molar-refractivity contribution in [2.45, 2.75) is 30.8 Å². The average molecular weight is 608 g/mol. The summed E-state index contributed by atoms with van der Waals surface area (Å²) in [7, 11) is -4.24. The predicted octanol–water partition coefficient (Wildman–Crippen LogP) is 5.45. The van der Waals surface area contributed by atoms with E-state index in [0.717, 1.165) is 22.0 Å². The smallest absolute Gasteiger partial charge is 0.264 e. The van der Waals surface area contributed by atoms with Crippen LogP contribution in [0, 0.1) is 5.82 Å². The number of rotatable bonds is 12. The monoisotopic (exact) mass is 607 g/mol. The molecule has 0 fully saturated rings. The molecule has 4 rings (SSSR count). The average Bonchev–Trinajstić information content (AvgIpc) is 3.00. The molecule has 0 aliphatic carbocycles. The summed E-state index contributed by atoms with van der Waals surface area (Å²) >= 11 is 6.08. The van der Waals surface area contributed by atoms with Gasteiger partial charge in [0.1, 0.15) is 18.4 Å². The van der Waals surface area contributed by atoms with Gasteiger partial charge in [-0.25, -0.2) is 12.8 Å². The summed E-state index contributed by atoms with van der Waals surface area (Å²) in [4.78, 5) is 29.0. The Morgan fingerprint density at radius 2 is 1.43 bits per heavy atom. The third-order valence-corrected chi connectivity index (χ3v) is 8.65. The molecule has 0 heterocycles. The number of nitrogens with one attached hydrogen (secondary N) is 1. The Balaban J connectivity index is 1.78. The molecule has 0 aromatic heterocycles. The number of hydrogen-bond acceptors (Lipinski definition) is 4. The molecule has 42 heavy (non-hydrogen) atoms. The van der Waals surface area contributed by atoms with Crippen LogP contribution in [0.2, 0.25) is 5.02 Å². The molecule has 0 aliphatic heterocycles. The number of amides is 2. The maximum atomic E-state index is 14.2. The van der Waals surface area contributed by atoms with Crippen molar-refractivity contribution in [1.82, 2.24) is 10.2 Å². The molecular weight excluding hydrogens is 577 g/mol. The number of anilines is 1. The molecule has 0 saturated heterocycles. The van der Waals surface area contributed by atoms with Crippen molar-refractivity contribution >= 4 is 39.1 Å². The number of hydrogen-bond donors (Lipinski definition) is 1. The standard InChI is InChI=1S/C32H31ClFN3O4S/c1-2-35-32(39)30(21-24-9-5-3-6-10-24)36(22-25-13-15-26(33)16-14-25)31(38)23-37(28-19-17-27(34)18-20-28)42(40,41)29-11-7-4-8-12-29/h3-20,30H,2,21-23H2,1H3,(H,35,39)/t30-/m1/s1. The van der Waals surface area contributed by atoms with Crippen LogP contribution in [0.5, 0.6) is 0 Å². The fourth-order valence-electron chi connectivity index (χ4n) is 4.49. The SMILES string of the molecule is CCNC(=O)[C@@H](Cc1ccccc1)N(Cc1ccc(Cl)cc1)C(=O)CN(c1ccc(F)cc1)S(=O)(=O)c1ccccc1. The van der Waals surface area contributed by atoms with Crippen LogP contribution in [0.25, 0.3) is 0 Å². The molecule has 7 nitrogen and oxygen atoms in total. The molecule has 0 radical (unpaired) electrons. The lowest BCUT2D eigenvalue weighted by atomic mass is 10.0. The molecule has 1 atom stereocenters. The highest BCUT2D eigenvalue weighted by atomic mass is 35.5. The fourth-order valence-corrected chi connectivity index (χ4v) is 6.05. The maximum absolute atomic E-state index is 14.2. The van der Waals surface area contributed by atoms with E-state index in [0.29, 0.717) is 17.1 Å². The lowest BCUT2D eigenvalue weighted by molar-refractivity contribution is -0.140. The zero-order chi connectivity index (χ0) is 30.1. The lowest BCUT2D eigenvalue weighted by Gasteiger charge is -2.33. The van der Waals surface area contributed by atoms with Crippen LogP contribution in [0.3, 0.4) is 0 Å². The molecule has 4 aromatic rings. The van der Waals surface area contributed by atoms with Gasteiger partial charge in [-0.05, 0) is 66.6 Å². The van der Waals surface area contributed by atoms with E-state index >= 15 is 0 Å². The minimum Gasteiger partial charge on any atom is -0.355 e. The lowest BCUT2D eigenvalue weighted by Crippen LogP contribution is -2.53. The number of halogens is 2. The molecule has 218 valence electrons. The Hall–Kier alpha value is -4.21. The van der Waals surface area contributed by atoms with Crippen molar-refractivity contribution < 1.29 is 22.4 Å². The number of nitrogens with zero attached hydrogens (tertiary/aromatic N) is 2. The van der Waals surface area contributed by atoms with Crippen LogP contribution in [0.15, 0.2) is 114 Å². The summed E-state index contributed by atoms with van der Waals surface area (Å²) in [5, 5.41) is 3.33. The van der Waals surface area contributed by atoms with Crippen molar-refractivity contribution in [3.05, 3.63) is 131 Å². The highest BCUT2D eigenvalue weighted by Gasteiger charge is 2.34. The van der Waals surface area contributed by atoms with Gasteiger partial charge in [0.15, 0.2) is 0 Å². The van der Waals surface area contributed by atoms with Crippen LogP contribution in [0.1, 0.15) is 18.1 Å². The van der Waals surface area contributed by atoms with Crippen molar-refractivity contribution in [2.75, 3.05) is 17.4 Å². The first kappa shape index (κ1) is 30.7. The van der Waals surface area contributed by atoms with Gasteiger partial charge in [0, 0.05) is 24.5 Å². The summed E-state index contributed by atoms with van der Waals surface area (Å²) in [6.07, 6.45) is 0.202. The molecule has 4 aromatic carbocycles. The topological polar surface area (TPSA) is 86.8 Å². The highest BCUT2D eigenvalue weighted by Crippen LogP contribution is 2.25. The van der Waals surface area contributed by atoms with E-state index in [9.17, 15) is 22.4 Å². The Kier molecular flexibility index (Phi) is 10.3. The molecular formula is C32H31ClFN3O4S. The molecule has 0 aliphatic rings. The number of benzene rings is 4. The molecule has 0 spiro atoms. The van der Waals surface area contributed by atoms with E-state index in [1.54, 1.807) is 49.4 Å². The van der Waals surface area contributed by atoms with E-state index in [-0.39, 0.29) is 29.5 Å². The number of likely N-dealkylation sites (N-methyl/N-ethyl adjacent to an activating group) is 1. The summed E-state index contributed by atoms with van der Waals surface area (Å²) in [5.41, 5.74) is 1.64. The van der Waals surface area contributed by atoms with Crippen LogP contribution in [0.4, 0.5) is 10.1 Å². The zero-order valence-electron chi connectivity index (χ0n) is 23.0. The molecule has 0 unspecified atom stereocenters. The minimum absolute atomic E-state index is 0.0211. The number of sulfonamides is 1. The van der Waals surface area contributed by atoms with E-state index in [1.165, 1.54) is 29.2 Å². The second kappa shape index (κ2) is 14.1. The van der Waals surface area contributed by atoms with Gasteiger partial charge in [0.2, 0.25) is 11.8 Å². The molecule has 0 bridgehead atoms. The first-order valence-electron chi connectivity index (χ1n) is 13.4. The zero-order valence-corrected chi connectivity index (χ0v) is 24.6. The van der Waals surface area contributed by atoms with Gasteiger partial charge in [0.25, 0.3) is 10.0 Å². The molecule has 2 amide bonds. The quantitative estimate of drug-likeness (QED) is 0.232. The third kappa shape index (κ3) is 7.74. The van der Waals surface area contributed by atoms with Crippen molar-refractivity contribution in [3.8, 4) is 0 Å². The summed E-state index contributed by atoms with van der Waals surface area (Å²) < 4.78 is 42.4. The molecule has 1 N–H and O–H groups in total. The van der Waals surface area contributed by atoms with Gasteiger partial charge < -0.3 is 10.2 Å². The first-order chi connectivity index (χ1) is 20.2. The van der Waals surface area contributed by atoms with Crippen LogP contribution in [-0.4, -0.2) is 44.3 Å². The van der Waals surface area contributed by atoms with Gasteiger partial charge in [-0.3, -0.25) is 13.9 Å². The van der Waals surface area contributed by atoms with Crippen molar-refractivity contribution in [1.29, 1.82) is 0 Å². The summed E-state index contributed by atoms with van der Waals surface area (Å²) in [6, 6.07) is 27.7. The Morgan fingerprint density at radius 1 is 0.833 bits per heavy atom. The van der Waals surface area contributed by atoms with E-state index in [4.69, 9.17) is 11.6 Å². The van der Waals surface area contributed by atoms with Gasteiger partial charge in [-0.2, -0.15) is 0 Å². The second-order valence-corrected chi connectivity index (χ2v) is 11.8. The van der Waals surface area contributed by atoms with Crippen LogP contribution >= 0.6 is 11.6 Å². The third-order valence-electron chi connectivity index (χ3n) is 6.61. The van der Waals surface area contributed by atoms with E-state index in [2.05, 4.69) is 5.32 Å². The Bertz CT molecular complexity index is 1590. The van der Waals surface area contributed by atoms with Gasteiger partial charge in [-0.1, -0.05) is 72.3 Å². The minimum atomic E-state index is -4.24. The van der Waals surface area contributed by atoms with Crippen molar-refractivity contribution in [3.63, 3.8) is 0 Å². The van der Waals surface area contributed by atoms with E-state index in [1.807, 2.05) is 30.3 Å². The molecule has 10 heteroatoms. The highest BCUT2D eigenvalue weighted by molar-refractivity contribution is 7.92. The second-order valence-electron chi connectivity index (χ2n) is 9.55. The largest absolute Gasteiger partial charge is 0.355 e. The van der Waals surface area contributed by atoms with Crippen LogP contribution < -0.4 is 9.62 Å². The van der Waals surface area contributed by atoms with Gasteiger partial charge >= 0.3 is 0 Å². The normalized spacial score (nSPS) is 11.9. The Morgan fingerprint density at radius 3 is 2.02 bits per heavy atom. The predicted molar refractivity (Wildman–Crippen MR) is 162 cm³/mol. The van der Waals surface area contributed by atoms with Crippen LogP contribution in [-0.2, 0) is 32.6 Å². The Labute approximate surface area is 250 Å². The maximum Gasteiger partial charge on any atom is 0.264 e. The van der Waals surface area contributed by atoms with Gasteiger partial charge in [0.05, 0.1) is 10.6 Å². The van der Waals surface area contributed by atoms with E-state index < -0.39 is 34.3 Å². The molecule has 0 saturated carbocycles. The van der Waals surface area contributed by atoms with Gasteiger partial charge in [-0.15, -0.1) is 0 Å². The summed E-state index contributed by atoms with van der Waals surface area (Å²) in [5.74, 6) is -1.53. The number of carbonyl (C=O) groups is 2. The first-order valence-corrected chi connectivity index (χ1v) is 15.2. The summed E-state index contributed by atoms with van der Waals surface area (Å²) in [6.45, 7) is 1.52.